The van der Waals surface area contributed by atoms with Crippen LogP contribution >= 0.6 is 0 Å². The van der Waals surface area contributed by atoms with Gasteiger partial charge in [-0.15, -0.1) is 10.2 Å². The van der Waals surface area contributed by atoms with Gasteiger partial charge in [-0.1, -0.05) is 30.3 Å². The third kappa shape index (κ3) is 4.13. The lowest BCUT2D eigenvalue weighted by Gasteiger charge is -2.09. The Morgan fingerprint density at radius 2 is 1.64 bits per heavy atom. The quantitative estimate of drug-likeness (QED) is 0.733. The van der Waals surface area contributed by atoms with Crippen molar-refractivity contribution in [3.8, 4) is 17.1 Å². The van der Waals surface area contributed by atoms with Gasteiger partial charge in [-0.25, -0.2) is 8.42 Å². The molecule has 1 heterocycles. The van der Waals surface area contributed by atoms with Gasteiger partial charge in [0.1, 0.15) is 0 Å². The number of aromatic nitrogens is 2. The number of sulfonamides is 1. The Labute approximate surface area is 146 Å². The molecule has 6 nitrogen and oxygen atoms in total. The summed E-state index contributed by atoms with van der Waals surface area (Å²) >= 11 is 0. The zero-order valence-electron chi connectivity index (χ0n) is 13.6. The van der Waals surface area contributed by atoms with Gasteiger partial charge in [0.05, 0.1) is 17.2 Å². The third-order valence-corrected chi connectivity index (χ3v) is 4.82. The first-order valence-corrected chi connectivity index (χ1v) is 9.21. The average Bonchev–Trinajstić information content (AvgIpc) is 2.64. The van der Waals surface area contributed by atoms with Crippen LogP contribution in [-0.2, 0) is 10.0 Å². The summed E-state index contributed by atoms with van der Waals surface area (Å²) in [4.78, 5) is 0.219. The fourth-order valence-electron chi connectivity index (χ4n) is 2.22. The van der Waals surface area contributed by atoms with Crippen LogP contribution in [-0.4, -0.2) is 25.2 Å². The largest absolute Gasteiger partial charge is 0.477 e. The number of hydrogen-bond donors (Lipinski definition) is 1. The summed E-state index contributed by atoms with van der Waals surface area (Å²) in [6.45, 7) is 2.41. The molecule has 0 spiro atoms. The van der Waals surface area contributed by atoms with Gasteiger partial charge in [-0.05, 0) is 37.3 Å². The Morgan fingerprint density at radius 3 is 2.24 bits per heavy atom. The molecular formula is C18H17N3O3S. The van der Waals surface area contributed by atoms with E-state index in [4.69, 9.17) is 4.74 Å². The minimum Gasteiger partial charge on any atom is -0.477 e. The normalized spacial score (nSPS) is 11.1. The zero-order chi connectivity index (χ0) is 17.7. The van der Waals surface area contributed by atoms with Crippen LogP contribution in [0.3, 0.4) is 0 Å². The maximum atomic E-state index is 12.3. The highest BCUT2D eigenvalue weighted by Gasteiger charge is 2.13. The summed E-state index contributed by atoms with van der Waals surface area (Å²) in [6, 6.07) is 18.7. The first kappa shape index (κ1) is 16.9. The predicted octanol–water partition coefficient (Wildman–Crippen LogP) is 3.34. The van der Waals surface area contributed by atoms with Crippen molar-refractivity contribution in [3.63, 3.8) is 0 Å². The number of hydrogen-bond acceptors (Lipinski definition) is 5. The van der Waals surface area contributed by atoms with Gasteiger partial charge in [-0.2, -0.15) is 0 Å². The monoisotopic (exact) mass is 355 g/mol. The molecule has 0 radical (unpaired) electrons. The highest BCUT2D eigenvalue weighted by molar-refractivity contribution is 7.92. The SMILES string of the molecule is CCOc1ccc(-c2ccc(NS(=O)(=O)c3ccccc3)cc2)nn1. The predicted molar refractivity (Wildman–Crippen MR) is 95.9 cm³/mol. The van der Waals surface area contributed by atoms with Crippen LogP contribution in [0.5, 0.6) is 5.88 Å². The molecule has 0 amide bonds. The lowest BCUT2D eigenvalue weighted by Crippen LogP contribution is -2.12. The van der Waals surface area contributed by atoms with E-state index in [1.54, 1.807) is 66.7 Å². The van der Waals surface area contributed by atoms with Crippen molar-refractivity contribution in [1.29, 1.82) is 0 Å². The molecular weight excluding hydrogens is 338 g/mol. The molecule has 0 fully saturated rings. The van der Waals surface area contributed by atoms with E-state index >= 15 is 0 Å². The van der Waals surface area contributed by atoms with Crippen molar-refractivity contribution in [2.24, 2.45) is 0 Å². The van der Waals surface area contributed by atoms with Gasteiger partial charge in [0.25, 0.3) is 10.0 Å². The highest BCUT2D eigenvalue weighted by atomic mass is 32.2. The fraction of sp³-hybridized carbons (Fsp3) is 0.111. The summed E-state index contributed by atoms with van der Waals surface area (Å²) in [7, 11) is -3.60. The van der Waals surface area contributed by atoms with Crippen LogP contribution in [0.4, 0.5) is 5.69 Å². The van der Waals surface area contributed by atoms with Crippen LogP contribution in [0.25, 0.3) is 11.3 Å². The Bertz CT molecular complexity index is 926. The number of anilines is 1. The van der Waals surface area contributed by atoms with Gasteiger partial charge < -0.3 is 4.74 Å². The maximum absolute atomic E-state index is 12.3. The number of rotatable bonds is 6. The first-order chi connectivity index (χ1) is 12.1. The van der Waals surface area contributed by atoms with Crippen LogP contribution in [0, 0.1) is 0 Å². The van der Waals surface area contributed by atoms with Crippen molar-refractivity contribution >= 4 is 15.7 Å². The molecule has 0 bridgehead atoms. The summed E-state index contributed by atoms with van der Waals surface area (Å²) in [5, 5.41) is 8.09. The summed E-state index contributed by atoms with van der Waals surface area (Å²) in [6.07, 6.45) is 0. The van der Waals surface area contributed by atoms with Crippen LogP contribution in [0.1, 0.15) is 6.92 Å². The number of ether oxygens (including phenoxy) is 1. The van der Waals surface area contributed by atoms with Crippen molar-refractivity contribution in [1.82, 2.24) is 10.2 Å². The molecule has 0 saturated carbocycles. The number of nitrogens with one attached hydrogen (secondary N) is 1. The molecule has 1 N–H and O–H groups in total. The van der Waals surface area contributed by atoms with Crippen LogP contribution < -0.4 is 9.46 Å². The molecule has 7 heteroatoms. The van der Waals surface area contributed by atoms with E-state index in [1.165, 1.54) is 0 Å². The second kappa shape index (κ2) is 7.31. The third-order valence-electron chi connectivity index (χ3n) is 3.42. The van der Waals surface area contributed by atoms with Gasteiger partial charge >= 0.3 is 0 Å². The second-order valence-electron chi connectivity index (χ2n) is 5.19. The van der Waals surface area contributed by atoms with Crippen LogP contribution in [0.15, 0.2) is 71.6 Å². The average molecular weight is 355 g/mol. The van der Waals surface area contributed by atoms with E-state index in [0.29, 0.717) is 23.9 Å². The van der Waals surface area contributed by atoms with E-state index in [0.717, 1.165) is 5.56 Å². The minimum absolute atomic E-state index is 0.219. The molecule has 2 aromatic carbocycles. The van der Waals surface area contributed by atoms with Crippen molar-refractivity contribution in [3.05, 3.63) is 66.7 Å². The van der Waals surface area contributed by atoms with E-state index in [2.05, 4.69) is 14.9 Å². The molecule has 3 aromatic rings. The molecule has 128 valence electrons. The summed E-state index contributed by atoms with van der Waals surface area (Å²) in [5.74, 6) is 0.471. The van der Waals surface area contributed by atoms with Crippen molar-refractivity contribution in [2.45, 2.75) is 11.8 Å². The molecule has 25 heavy (non-hydrogen) atoms. The smallest absolute Gasteiger partial charge is 0.261 e. The minimum atomic E-state index is -3.60. The zero-order valence-corrected chi connectivity index (χ0v) is 14.4. The molecule has 0 atom stereocenters. The van der Waals surface area contributed by atoms with E-state index < -0.39 is 10.0 Å². The van der Waals surface area contributed by atoms with E-state index in [1.807, 2.05) is 6.92 Å². The van der Waals surface area contributed by atoms with E-state index in [-0.39, 0.29) is 4.90 Å². The Hall–Kier alpha value is -2.93. The van der Waals surface area contributed by atoms with Crippen LogP contribution in [0.2, 0.25) is 0 Å². The molecule has 3 rings (SSSR count). The lowest BCUT2D eigenvalue weighted by atomic mass is 10.1. The van der Waals surface area contributed by atoms with Gasteiger partial charge in [0.15, 0.2) is 0 Å². The van der Waals surface area contributed by atoms with Crippen molar-refractivity contribution in [2.75, 3.05) is 11.3 Å². The van der Waals surface area contributed by atoms with Crippen molar-refractivity contribution < 1.29 is 13.2 Å². The topological polar surface area (TPSA) is 81.2 Å². The Morgan fingerprint density at radius 1 is 0.920 bits per heavy atom. The highest BCUT2D eigenvalue weighted by Crippen LogP contribution is 2.22. The summed E-state index contributed by atoms with van der Waals surface area (Å²) in [5.41, 5.74) is 1.99. The standard InChI is InChI=1S/C18H17N3O3S/c1-2-24-18-13-12-17(19-20-18)14-8-10-15(11-9-14)21-25(22,23)16-6-4-3-5-7-16/h3-13,21H,2H2,1H3. The molecule has 0 unspecified atom stereocenters. The lowest BCUT2D eigenvalue weighted by molar-refractivity contribution is 0.323. The first-order valence-electron chi connectivity index (χ1n) is 7.73. The molecule has 1 aromatic heterocycles. The summed E-state index contributed by atoms with van der Waals surface area (Å²) < 4.78 is 32.4. The fourth-order valence-corrected chi connectivity index (χ4v) is 3.30. The molecule has 0 aliphatic rings. The molecule has 0 aliphatic heterocycles. The maximum Gasteiger partial charge on any atom is 0.261 e. The second-order valence-corrected chi connectivity index (χ2v) is 6.87. The Balaban J connectivity index is 1.76. The van der Waals surface area contributed by atoms with Gasteiger partial charge in [0, 0.05) is 17.3 Å². The Kier molecular flexibility index (Phi) is 4.95. The number of nitrogens with zero attached hydrogens (tertiary/aromatic N) is 2. The number of benzene rings is 2. The van der Waals surface area contributed by atoms with Gasteiger partial charge in [-0.3, -0.25) is 4.72 Å². The molecule has 0 saturated heterocycles. The van der Waals surface area contributed by atoms with E-state index in [9.17, 15) is 8.42 Å². The van der Waals surface area contributed by atoms with Gasteiger partial charge in [0.2, 0.25) is 5.88 Å². The molecule has 0 aliphatic carbocycles.